The Morgan fingerprint density at radius 3 is 2.43 bits per heavy atom. The minimum Gasteiger partial charge on any atom is -0.324 e. The third-order valence-corrected chi connectivity index (χ3v) is 5.26. The average Bonchev–Trinajstić information content (AvgIpc) is 2.51. The third kappa shape index (κ3) is 3.38. The van der Waals surface area contributed by atoms with Crippen LogP contribution in [0.5, 0.6) is 0 Å². The molecule has 1 saturated carbocycles. The molecule has 0 aromatic heterocycles. The van der Waals surface area contributed by atoms with Gasteiger partial charge in [-0.2, -0.15) is 0 Å². The van der Waals surface area contributed by atoms with Gasteiger partial charge >= 0.3 is 0 Å². The van der Waals surface area contributed by atoms with E-state index >= 15 is 0 Å². The van der Waals surface area contributed by atoms with Gasteiger partial charge in [-0.05, 0) is 42.5 Å². The van der Waals surface area contributed by atoms with Crippen LogP contribution in [0.3, 0.4) is 0 Å². The predicted octanol–water partition coefficient (Wildman–Crippen LogP) is 5.05. The summed E-state index contributed by atoms with van der Waals surface area (Å²) in [5.41, 5.74) is 9.51. The molecule has 2 heteroatoms. The second-order valence-electron chi connectivity index (χ2n) is 6.25. The maximum Gasteiger partial charge on any atom is 0.0264 e. The Bertz CT molecular complexity index is 578. The number of benzene rings is 2. The van der Waals surface area contributed by atoms with Crippen LogP contribution in [-0.4, -0.2) is 5.54 Å². The SMILES string of the molecule is NC1(Cc2ccc(Br)cc2)CCCCC1c1ccccc1. The van der Waals surface area contributed by atoms with Gasteiger partial charge in [0.25, 0.3) is 0 Å². The molecule has 110 valence electrons. The van der Waals surface area contributed by atoms with Gasteiger partial charge in [-0.1, -0.05) is 71.2 Å². The maximum absolute atomic E-state index is 6.89. The lowest BCUT2D eigenvalue weighted by Gasteiger charge is -2.42. The number of halogens is 1. The van der Waals surface area contributed by atoms with Crippen molar-refractivity contribution in [1.29, 1.82) is 0 Å². The quantitative estimate of drug-likeness (QED) is 0.829. The van der Waals surface area contributed by atoms with Crippen molar-refractivity contribution in [1.82, 2.24) is 0 Å². The van der Waals surface area contributed by atoms with Crippen LogP contribution in [0, 0.1) is 0 Å². The molecule has 21 heavy (non-hydrogen) atoms. The van der Waals surface area contributed by atoms with Crippen LogP contribution in [0.4, 0.5) is 0 Å². The number of hydrogen-bond donors (Lipinski definition) is 1. The van der Waals surface area contributed by atoms with Crippen molar-refractivity contribution in [2.45, 2.75) is 43.6 Å². The van der Waals surface area contributed by atoms with Crippen molar-refractivity contribution in [2.75, 3.05) is 0 Å². The lowest BCUT2D eigenvalue weighted by molar-refractivity contribution is 0.249. The number of nitrogens with two attached hydrogens (primary N) is 1. The summed E-state index contributed by atoms with van der Waals surface area (Å²) in [6.45, 7) is 0. The maximum atomic E-state index is 6.89. The topological polar surface area (TPSA) is 26.0 Å². The molecular weight excluding hydrogens is 322 g/mol. The second kappa shape index (κ2) is 6.33. The highest BCUT2D eigenvalue weighted by atomic mass is 79.9. The van der Waals surface area contributed by atoms with Gasteiger partial charge in [0.1, 0.15) is 0 Å². The van der Waals surface area contributed by atoms with E-state index in [1.54, 1.807) is 0 Å². The first kappa shape index (κ1) is 14.8. The van der Waals surface area contributed by atoms with E-state index in [4.69, 9.17) is 5.73 Å². The van der Waals surface area contributed by atoms with Crippen LogP contribution >= 0.6 is 15.9 Å². The molecular formula is C19H22BrN. The van der Waals surface area contributed by atoms with Crippen molar-refractivity contribution >= 4 is 15.9 Å². The summed E-state index contributed by atoms with van der Waals surface area (Å²) < 4.78 is 1.13. The molecule has 0 bridgehead atoms. The fraction of sp³-hybridized carbons (Fsp3) is 0.368. The highest BCUT2D eigenvalue weighted by Gasteiger charge is 2.37. The summed E-state index contributed by atoms with van der Waals surface area (Å²) in [5.74, 6) is 0.469. The van der Waals surface area contributed by atoms with Crippen LogP contribution in [0.15, 0.2) is 59.1 Å². The van der Waals surface area contributed by atoms with Crippen LogP contribution in [0.1, 0.15) is 42.7 Å². The largest absolute Gasteiger partial charge is 0.324 e. The van der Waals surface area contributed by atoms with Gasteiger partial charge in [0, 0.05) is 15.9 Å². The molecule has 0 saturated heterocycles. The molecule has 1 nitrogen and oxygen atoms in total. The molecule has 0 aliphatic heterocycles. The van der Waals surface area contributed by atoms with E-state index in [9.17, 15) is 0 Å². The summed E-state index contributed by atoms with van der Waals surface area (Å²) in [5, 5.41) is 0. The molecule has 2 N–H and O–H groups in total. The van der Waals surface area contributed by atoms with E-state index in [1.807, 2.05) is 0 Å². The Hall–Kier alpha value is -1.12. The lowest BCUT2D eigenvalue weighted by atomic mass is 9.67. The van der Waals surface area contributed by atoms with Crippen molar-refractivity contribution in [3.63, 3.8) is 0 Å². The zero-order valence-corrected chi connectivity index (χ0v) is 13.9. The molecule has 0 heterocycles. The molecule has 3 rings (SSSR count). The highest BCUT2D eigenvalue weighted by molar-refractivity contribution is 9.10. The van der Waals surface area contributed by atoms with Crippen LogP contribution in [0.25, 0.3) is 0 Å². The molecule has 0 spiro atoms. The molecule has 2 aromatic carbocycles. The Morgan fingerprint density at radius 2 is 1.71 bits per heavy atom. The Kier molecular flexibility index (Phi) is 4.46. The minimum absolute atomic E-state index is 0.118. The van der Waals surface area contributed by atoms with Crippen LogP contribution in [0.2, 0.25) is 0 Å². The Morgan fingerprint density at radius 1 is 1.00 bits per heavy atom. The summed E-state index contributed by atoms with van der Waals surface area (Å²) in [4.78, 5) is 0. The van der Waals surface area contributed by atoms with E-state index in [-0.39, 0.29) is 5.54 Å². The van der Waals surface area contributed by atoms with Gasteiger partial charge in [-0.3, -0.25) is 0 Å². The summed E-state index contributed by atoms with van der Waals surface area (Å²) in [6, 6.07) is 19.4. The van der Waals surface area contributed by atoms with E-state index in [0.29, 0.717) is 5.92 Å². The van der Waals surface area contributed by atoms with Gasteiger partial charge in [-0.15, -0.1) is 0 Å². The smallest absolute Gasteiger partial charge is 0.0264 e. The van der Waals surface area contributed by atoms with Gasteiger partial charge in [0.15, 0.2) is 0 Å². The third-order valence-electron chi connectivity index (χ3n) is 4.73. The van der Waals surface area contributed by atoms with Crippen molar-refractivity contribution in [2.24, 2.45) is 5.73 Å². The van der Waals surface area contributed by atoms with Gasteiger partial charge < -0.3 is 5.73 Å². The molecule has 2 atom stereocenters. The molecule has 1 aliphatic carbocycles. The van der Waals surface area contributed by atoms with Gasteiger partial charge in [-0.25, -0.2) is 0 Å². The fourth-order valence-electron chi connectivity index (χ4n) is 3.64. The fourth-order valence-corrected chi connectivity index (χ4v) is 3.91. The second-order valence-corrected chi connectivity index (χ2v) is 7.16. The van der Waals surface area contributed by atoms with E-state index in [0.717, 1.165) is 17.3 Å². The van der Waals surface area contributed by atoms with E-state index < -0.39 is 0 Å². The first-order valence-corrected chi connectivity index (χ1v) is 8.55. The summed E-state index contributed by atoms with van der Waals surface area (Å²) >= 11 is 3.50. The molecule has 2 aromatic rings. The minimum atomic E-state index is -0.118. The lowest BCUT2D eigenvalue weighted by Crippen LogP contribution is -2.49. The van der Waals surface area contributed by atoms with Crippen molar-refractivity contribution in [3.8, 4) is 0 Å². The predicted molar refractivity (Wildman–Crippen MR) is 92.4 cm³/mol. The zero-order valence-electron chi connectivity index (χ0n) is 12.3. The normalized spacial score (nSPS) is 25.7. The molecule has 1 fully saturated rings. The van der Waals surface area contributed by atoms with Crippen molar-refractivity contribution in [3.05, 3.63) is 70.2 Å². The van der Waals surface area contributed by atoms with E-state index in [2.05, 4.69) is 70.5 Å². The Labute approximate surface area is 135 Å². The number of hydrogen-bond acceptors (Lipinski definition) is 1. The number of rotatable bonds is 3. The first-order chi connectivity index (χ1) is 10.2. The molecule has 0 radical (unpaired) electrons. The van der Waals surface area contributed by atoms with E-state index in [1.165, 1.54) is 30.4 Å². The summed E-state index contributed by atoms with van der Waals surface area (Å²) in [6.07, 6.45) is 5.81. The highest BCUT2D eigenvalue weighted by Crippen LogP contribution is 2.41. The van der Waals surface area contributed by atoms with Gasteiger partial charge in [0.05, 0.1) is 0 Å². The van der Waals surface area contributed by atoms with Crippen LogP contribution < -0.4 is 5.73 Å². The monoisotopic (exact) mass is 343 g/mol. The zero-order chi connectivity index (χ0) is 14.7. The molecule has 0 amide bonds. The standard InChI is InChI=1S/C19H22BrN/c20-17-11-9-15(10-12-17)14-19(21)13-5-4-8-18(19)16-6-2-1-3-7-16/h1-3,6-7,9-12,18H,4-5,8,13-14,21H2. The Balaban J connectivity index is 1.86. The van der Waals surface area contributed by atoms with Crippen LogP contribution in [-0.2, 0) is 6.42 Å². The summed E-state index contributed by atoms with van der Waals surface area (Å²) in [7, 11) is 0. The first-order valence-electron chi connectivity index (χ1n) is 7.76. The van der Waals surface area contributed by atoms with Crippen molar-refractivity contribution < 1.29 is 0 Å². The molecule has 1 aliphatic rings. The average molecular weight is 344 g/mol. The van der Waals surface area contributed by atoms with Gasteiger partial charge in [0.2, 0.25) is 0 Å². The molecule has 2 unspecified atom stereocenters.